The standard InChI is InChI=1S/C30H31FN4O4/c1-19(36)35(17-16-34(2)3)24-12-10-23(11-13-24)32-29(21-7-4-20(5-8-21)6-15-27(37)38)28-25-14-9-22(31)18-26(25)33-30(28)39/h4-5,7-14,18,32H,6,15-17H2,1-3H3,(H,33,39)(H,37,38)/b29-28-. The van der Waals surface area contributed by atoms with Crippen LogP contribution in [0.4, 0.5) is 21.5 Å². The predicted molar refractivity (Wildman–Crippen MR) is 151 cm³/mol. The molecule has 8 nitrogen and oxygen atoms in total. The number of hydrogen-bond acceptors (Lipinski definition) is 5. The number of nitrogens with one attached hydrogen (secondary N) is 2. The van der Waals surface area contributed by atoms with E-state index in [2.05, 4.69) is 10.6 Å². The van der Waals surface area contributed by atoms with Crippen molar-refractivity contribution in [3.05, 3.63) is 89.2 Å². The van der Waals surface area contributed by atoms with Crippen LogP contribution in [0.15, 0.2) is 66.7 Å². The van der Waals surface area contributed by atoms with Crippen molar-refractivity contribution in [2.45, 2.75) is 19.8 Å². The molecule has 39 heavy (non-hydrogen) atoms. The number of rotatable bonds is 10. The van der Waals surface area contributed by atoms with Crippen LogP contribution in [0.1, 0.15) is 30.0 Å². The normalized spacial score (nSPS) is 13.6. The third kappa shape index (κ3) is 6.69. The van der Waals surface area contributed by atoms with E-state index >= 15 is 0 Å². The second-order valence-corrected chi connectivity index (χ2v) is 9.63. The first kappa shape index (κ1) is 27.5. The summed E-state index contributed by atoms with van der Waals surface area (Å²) in [6.07, 6.45) is 0.407. The maximum Gasteiger partial charge on any atom is 0.303 e. The number of hydrogen-bond donors (Lipinski definition) is 3. The Morgan fingerprint density at radius 2 is 1.67 bits per heavy atom. The summed E-state index contributed by atoms with van der Waals surface area (Å²) in [6.45, 7) is 2.79. The molecule has 4 rings (SSSR count). The molecule has 1 heterocycles. The molecule has 0 saturated carbocycles. The molecule has 1 aliphatic heterocycles. The number of aliphatic carboxylic acids is 1. The molecule has 0 saturated heterocycles. The highest BCUT2D eigenvalue weighted by atomic mass is 19.1. The van der Waals surface area contributed by atoms with E-state index in [-0.39, 0.29) is 18.2 Å². The smallest absolute Gasteiger partial charge is 0.303 e. The molecule has 3 aromatic rings. The van der Waals surface area contributed by atoms with E-state index in [0.717, 1.165) is 11.3 Å². The molecule has 2 amide bonds. The molecule has 9 heteroatoms. The molecule has 0 aromatic heterocycles. The van der Waals surface area contributed by atoms with E-state index in [1.54, 1.807) is 11.0 Å². The van der Waals surface area contributed by atoms with Crippen LogP contribution in [-0.4, -0.2) is 55.0 Å². The van der Waals surface area contributed by atoms with Gasteiger partial charge in [-0.2, -0.15) is 0 Å². The SMILES string of the molecule is CC(=O)N(CCN(C)C)c1ccc(N/C(=C2\C(=O)Nc3cc(F)ccc32)c2ccc(CCC(=O)O)cc2)cc1. The molecular weight excluding hydrogens is 499 g/mol. The van der Waals surface area contributed by atoms with E-state index in [9.17, 15) is 18.8 Å². The fraction of sp³-hybridized carbons (Fsp3) is 0.233. The third-order valence-electron chi connectivity index (χ3n) is 6.45. The maximum atomic E-state index is 13.9. The Balaban J connectivity index is 1.70. The molecule has 0 unspecified atom stereocenters. The number of anilines is 3. The fourth-order valence-corrected chi connectivity index (χ4v) is 4.40. The monoisotopic (exact) mass is 530 g/mol. The van der Waals surface area contributed by atoms with Crippen molar-refractivity contribution in [3.63, 3.8) is 0 Å². The maximum absolute atomic E-state index is 13.9. The summed E-state index contributed by atoms with van der Waals surface area (Å²) in [5.74, 6) is -1.75. The molecule has 1 aliphatic rings. The topological polar surface area (TPSA) is 102 Å². The number of benzene rings is 3. The molecule has 0 radical (unpaired) electrons. The number of nitrogens with zero attached hydrogens (tertiary/aromatic N) is 2. The Hall–Kier alpha value is -4.50. The molecule has 0 aliphatic carbocycles. The van der Waals surface area contributed by atoms with Gasteiger partial charge in [-0.3, -0.25) is 14.4 Å². The zero-order valence-electron chi connectivity index (χ0n) is 22.1. The fourth-order valence-electron chi connectivity index (χ4n) is 4.40. The summed E-state index contributed by atoms with van der Waals surface area (Å²) in [4.78, 5) is 40.0. The van der Waals surface area contributed by atoms with Crippen molar-refractivity contribution in [2.24, 2.45) is 0 Å². The van der Waals surface area contributed by atoms with Crippen LogP contribution in [0.2, 0.25) is 0 Å². The lowest BCUT2D eigenvalue weighted by Gasteiger charge is -2.23. The number of carboxylic acid groups (broad SMARTS) is 1. The van der Waals surface area contributed by atoms with E-state index in [0.29, 0.717) is 53.3 Å². The van der Waals surface area contributed by atoms with Gasteiger partial charge in [0.2, 0.25) is 5.91 Å². The summed E-state index contributed by atoms with van der Waals surface area (Å²) in [5, 5.41) is 15.1. The summed E-state index contributed by atoms with van der Waals surface area (Å²) in [6, 6.07) is 18.8. The number of carbonyl (C=O) groups is 3. The van der Waals surface area contributed by atoms with Crippen molar-refractivity contribution in [1.82, 2.24) is 4.90 Å². The van der Waals surface area contributed by atoms with Crippen molar-refractivity contribution in [2.75, 3.05) is 42.7 Å². The van der Waals surface area contributed by atoms with Crippen LogP contribution < -0.4 is 15.5 Å². The molecule has 0 atom stereocenters. The van der Waals surface area contributed by atoms with Crippen molar-refractivity contribution in [3.8, 4) is 0 Å². The van der Waals surface area contributed by atoms with Crippen molar-refractivity contribution in [1.29, 1.82) is 0 Å². The average molecular weight is 531 g/mol. The molecule has 3 N–H and O–H groups in total. The molecule has 0 bridgehead atoms. The lowest BCUT2D eigenvalue weighted by atomic mass is 9.98. The lowest BCUT2D eigenvalue weighted by Crippen LogP contribution is -2.35. The van der Waals surface area contributed by atoms with Gasteiger partial charge in [-0.05, 0) is 74.1 Å². The highest BCUT2D eigenvalue weighted by Crippen LogP contribution is 2.38. The minimum atomic E-state index is -0.872. The van der Waals surface area contributed by atoms with E-state index in [1.807, 2.05) is 67.5 Å². The van der Waals surface area contributed by atoms with E-state index < -0.39 is 11.8 Å². The second-order valence-electron chi connectivity index (χ2n) is 9.63. The van der Waals surface area contributed by atoms with Gasteiger partial charge in [0.05, 0.1) is 17.0 Å². The van der Waals surface area contributed by atoms with Gasteiger partial charge in [-0.1, -0.05) is 24.3 Å². The van der Waals surface area contributed by atoms with Gasteiger partial charge in [-0.25, -0.2) is 4.39 Å². The van der Waals surface area contributed by atoms with E-state index in [1.165, 1.54) is 19.1 Å². The number of fused-ring (bicyclic) bond motifs is 1. The first-order chi connectivity index (χ1) is 18.6. The first-order valence-electron chi connectivity index (χ1n) is 12.6. The van der Waals surface area contributed by atoms with Crippen LogP contribution in [0.3, 0.4) is 0 Å². The van der Waals surface area contributed by atoms with E-state index in [4.69, 9.17) is 5.11 Å². The Kier molecular flexibility index (Phi) is 8.41. The largest absolute Gasteiger partial charge is 0.481 e. The minimum Gasteiger partial charge on any atom is -0.481 e. The molecule has 3 aromatic carbocycles. The second kappa shape index (κ2) is 11.9. The third-order valence-corrected chi connectivity index (χ3v) is 6.45. The van der Waals surface area contributed by atoms with Gasteiger partial charge >= 0.3 is 5.97 Å². The van der Waals surface area contributed by atoms with Crippen LogP contribution in [0.5, 0.6) is 0 Å². The number of carbonyl (C=O) groups excluding carboxylic acids is 2. The number of likely N-dealkylation sites (N-methyl/N-ethyl adjacent to an activating group) is 1. The summed E-state index contributed by atoms with van der Waals surface area (Å²) in [5.41, 5.74) is 4.85. The van der Waals surface area contributed by atoms with Crippen LogP contribution in [0.25, 0.3) is 11.3 Å². The Morgan fingerprint density at radius 1 is 0.974 bits per heavy atom. The number of carboxylic acids is 1. The quantitative estimate of drug-likeness (QED) is 0.329. The van der Waals surface area contributed by atoms with Gasteiger partial charge in [0.15, 0.2) is 0 Å². The summed E-state index contributed by atoms with van der Waals surface area (Å²) in [7, 11) is 3.90. The molecule has 0 fully saturated rings. The molecular formula is C30H31FN4O4. The average Bonchev–Trinajstić information content (AvgIpc) is 3.21. The minimum absolute atomic E-state index is 0.0189. The lowest BCUT2D eigenvalue weighted by molar-refractivity contribution is -0.137. The van der Waals surface area contributed by atoms with Crippen molar-refractivity contribution >= 4 is 46.1 Å². The number of amides is 2. The Morgan fingerprint density at radius 3 is 2.28 bits per heavy atom. The highest BCUT2D eigenvalue weighted by Gasteiger charge is 2.29. The van der Waals surface area contributed by atoms with Crippen molar-refractivity contribution < 1.29 is 23.9 Å². The summed E-state index contributed by atoms with van der Waals surface area (Å²) >= 11 is 0. The van der Waals surface area contributed by atoms with Gasteiger partial charge in [0, 0.05) is 43.4 Å². The van der Waals surface area contributed by atoms with Gasteiger partial charge in [0.25, 0.3) is 5.91 Å². The summed E-state index contributed by atoms with van der Waals surface area (Å²) < 4.78 is 13.9. The number of halogens is 1. The highest BCUT2D eigenvalue weighted by molar-refractivity contribution is 6.37. The van der Waals surface area contributed by atoms with Gasteiger partial charge in [0.1, 0.15) is 5.82 Å². The van der Waals surface area contributed by atoms with Gasteiger partial charge in [-0.15, -0.1) is 0 Å². The predicted octanol–water partition coefficient (Wildman–Crippen LogP) is 4.69. The van der Waals surface area contributed by atoms with Crippen LogP contribution in [0, 0.1) is 5.82 Å². The molecule has 0 spiro atoms. The zero-order valence-corrected chi connectivity index (χ0v) is 22.1. The van der Waals surface area contributed by atoms with Crippen LogP contribution >= 0.6 is 0 Å². The first-order valence-corrected chi connectivity index (χ1v) is 12.6. The van der Waals surface area contributed by atoms with Crippen LogP contribution in [-0.2, 0) is 20.8 Å². The Labute approximate surface area is 226 Å². The number of aryl methyl sites for hydroxylation is 1. The Bertz CT molecular complexity index is 1420. The molecule has 202 valence electrons. The zero-order chi connectivity index (χ0) is 28.1. The van der Waals surface area contributed by atoms with Gasteiger partial charge < -0.3 is 25.5 Å².